The molecule has 2 aromatic rings. The molecule has 21 heavy (non-hydrogen) atoms. The van der Waals surface area contributed by atoms with Crippen molar-refractivity contribution in [3.8, 4) is 11.8 Å². The Hall–Kier alpha value is -2.78. The SMILES string of the molecule is COC(=O)c1c(N)c(C#N)cn1-c1ccccc1CCO. The number of nitrogens with zero attached hydrogens (tertiary/aromatic N) is 2. The van der Waals surface area contributed by atoms with E-state index in [4.69, 9.17) is 20.8 Å². The molecule has 0 saturated heterocycles. The van der Waals surface area contributed by atoms with E-state index in [1.165, 1.54) is 17.9 Å². The van der Waals surface area contributed by atoms with Crippen molar-refractivity contribution in [2.24, 2.45) is 0 Å². The van der Waals surface area contributed by atoms with Gasteiger partial charge in [-0.05, 0) is 18.1 Å². The Labute approximate surface area is 122 Å². The number of aromatic nitrogens is 1. The number of nitrogen functional groups attached to an aromatic ring is 1. The molecule has 1 aromatic carbocycles. The summed E-state index contributed by atoms with van der Waals surface area (Å²) in [4.78, 5) is 11.9. The van der Waals surface area contributed by atoms with Crippen molar-refractivity contribution in [2.45, 2.75) is 6.42 Å². The van der Waals surface area contributed by atoms with Crippen LogP contribution in [0, 0.1) is 11.3 Å². The first kappa shape index (κ1) is 14.6. The van der Waals surface area contributed by atoms with Crippen LogP contribution in [0.25, 0.3) is 5.69 Å². The quantitative estimate of drug-likeness (QED) is 0.823. The molecule has 0 fully saturated rings. The zero-order valence-corrected chi connectivity index (χ0v) is 11.5. The summed E-state index contributed by atoms with van der Waals surface area (Å²) in [5.74, 6) is -0.618. The number of hydrogen-bond donors (Lipinski definition) is 2. The van der Waals surface area contributed by atoms with Crippen molar-refractivity contribution in [2.75, 3.05) is 19.5 Å². The van der Waals surface area contributed by atoms with Crippen LogP contribution in [0.1, 0.15) is 21.6 Å². The Morgan fingerprint density at radius 2 is 2.19 bits per heavy atom. The van der Waals surface area contributed by atoms with E-state index in [2.05, 4.69) is 0 Å². The zero-order valence-electron chi connectivity index (χ0n) is 11.5. The van der Waals surface area contributed by atoms with Crippen LogP contribution in [0.4, 0.5) is 5.69 Å². The molecule has 108 valence electrons. The summed E-state index contributed by atoms with van der Waals surface area (Å²) in [5, 5.41) is 18.2. The highest BCUT2D eigenvalue weighted by molar-refractivity contribution is 5.96. The van der Waals surface area contributed by atoms with Crippen LogP contribution in [0.2, 0.25) is 0 Å². The highest BCUT2D eigenvalue weighted by Gasteiger charge is 2.22. The molecule has 6 heteroatoms. The van der Waals surface area contributed by atoms with E-state index in [1.807, 2.05) is 18.2 Å². The lowest BCUT2D eigenvalue weighted by Gasteiger charge is -2.12. The van der Waals surface area contributed by atoms with Gasteiger partial charge in [-0.15, -0.1) is 0 Å². The van der Waals surface area contributed by atoms with Gasteiger partial charge >= 0.3 is 5.97 Å². The molecule has 0 bridgehead atoms. The predicted octanol–water partition coefficient (Wildman–Crippen LogP) is 1.25. The third-order valence-corrected chi connectivity index (χ3v) is 3.18. The molecule has 0 amide bonds. The second kappa shape index (κ2) is 6.11. The fraction of sp³-hybridized carbons (Fsp3) is 0.200. The van der Waals surface area contributed by atoms with Gasteiger partial charge in [0, 0.05) is 18.5 Å². The summed E-state index contributed by atoms with van der Waals surface area (Å²) < 4.78 is 6.27. The maximum absolute atomic E-state index is 11.9. The van der Waals surface area contributed by atoms with Gasteiger partial charge in [-0.3, -0.25) is 0 Å². The summed E-state index contributed by atoms with van der Waals surface area (Å²) in [6.45, 7) is -0.0214. The maximum Gasteiger partial charge on any atom is 0.357 e. The Bertz CT molecular complexity index is 713. The summed E-state index contributed by atoms with van der Waals surface area (Å²) >= 11 is 0. The van der Waals surface area contributed by atoms with Gasteiger partial charge in [0.15, 0.2) is 5.69 Å². The van der Waals surface area contributed by atoms with Gasteiger partial charge in [0.25, 0.3) is 0 Å². The molecular formula is C15H15N3O3. The molecule has 0 aliphatic heterocycles. The van der Waals surface area contributed by atoms with E-state index in [0.29, 0.717) is 12.1 Å². The van der Waals surface area contributed by atoms with Crippen molar-refractivity contribution in [3.63, 3.8) is 0 Å². The highest BCUT2D eigenvalue weighted by atomic mass is 16.5. The third kappa shape index (κ3) is 2.59. The minimum absolute atomic E-state index is 0.0214. The first-order valence-corrected chi connectivity index (χ1v) is 6.32. The zero-order chi connectivity index (χ0) is 15.4. The lowest BCUT2D eigenvalue weighted by molar-refractivity contribution is 0.0593. The number of hydrogen-bond acceptors (Lipinski definition) is 5. The smallest absolute Gasteiger partial charge is 0.357 e. The average Bonchev–Trinajstić information content (AvgIpc) is 2.84. The van der Waals surface area contributed by atoms with E-state index < -0.39 is 5.97 Å². The molecule has 1 aromatic heterocycles. The number of carbonyl (C=O) groups is 1. The van der Waals surface area contributed by atoms with Gasteiger partial charge in [-0.1, -0.05) is 18.2 Å². The average molecular weight is 285 g/mol. The monoisotopic (exact) mass is 285 g/mol. The van der Waals surface area contributed by atoms with Crippen molar-refractivity contribution < 1.29 is 14.6 Å². The first-order valence-electron chi connectivity index (χ1n) is 6.32. The fourth-order valence-corrected chi connectivity index (χ4v) is 2.18. The number of esters is 1. The Kier molecular flexibility index (Phi) is 4.26. The molecule has 0 aliphatic carbocycles. The van der Waals surface area contributed by atoms with E-state index >= 15 is 0 Å². The van der Waals surface area contributed by atoms with Crippen molar-refractivity contribution in [1.82, 2.24) is 4.57 Å². The number of anilines is 1. The molecule has 2 rings (SSSR count). The molecule has 0 saturated carbocycles. The number of carbonyl (C=O) groups excluding carboxylic acids is 1. The molecule has 3 N–H and O–H groups in total. The van der Waals surface area contributed by atoms with Crippen LogP contribution in [0.15, 0.2) is 30.5 Å². The van der Waals surface area contributed by atoms with Gasteiger partial charge < -0.3 is 20.1 Å². The molecule has 0 unspecified atom stereocenters. The number of nitrogens with two attached hydrogens (primary N) is 1. The van der Waals surface area contributed by atoms with Gasteiger partial charge in [0.05, 0.1) is 18.4 Å². The van der Waals surface area contributed by atoms with Gasteiger partial charge in [0.1, 0.15) is 6.07 Å². The van der Waals surface area contributed by atoms with Crippen LogP contribution in [-0.4, -0.2) is 29.4 Å². The van der Waals surface area contributed by atoms with Crippen molar-refractivity contribution in [1.29, 1.82) is 5.26 Å². The summed E-state index contributed by atoms with van der Waals surface area (Å²) in [7, 11) is 1.25. The van der Waals surface area contributed by atoms with Crippen LogP contribution in [0.5, 0.6) is 0 Å². The minimum atomic E-state index is -0.618. The minimum Gasteiger partial charge on any atom is -0.464 e. The molecule has 6 nitrogen and oxygen atoms in total. The number of rotatable bonds is 4. The number of benzene rings is 1. The van der Waals surface area contributed by atoms with Gasteiger partial charge in [0.2, 0.25) is 0 Å². The molecule has 0 spiro atoms. The number of aliphatic hydroxyl groups excluding tert-OH is 1. The van der Waals surface area contributed by atoms with E-state index in [0.717, 1.165) is 5.56 Å². The highest BCUT2D eigenvalue weighted by Crippen LogP contribution is 2.26. The Morgan fingerprint density at radius 3 is 2.81 bits per heavy atom. The van der Waals surface area contributed by atoms with Crippen LogP contribution >= 0.6 is 0 Å². The third-order valence-electron chi connectivity index (χ3n) is 3.18. The predicted molar refractivity (Wildman–Crippen MR) is 77.0 cm³/mol. The van der Waals surface area contributed by atoms with Crippen LogP contribution < -0.4 is 5.73 Å². The maximum atomic E-state index is 11.9. The number of methoxy groups -OCH3 is 1. The van der Waals surface area contributed by atoms with E-state index in [9.17, 15) is 4.79 Å². The lowest BCUT2D eigenvalue weighted by atomic mass is 10.1. The number of ether oxygens (including phenoxy) is 1. The van der Waals surface area contributed by atoms with Crippen molar-refractivity contribution in [3.05, 3.63) is 47.3 Å². The molecule has 1 heterocycles. The molecular weight excluding hydrogens is 270 g/mol. The van der Waals surface area contributed by atoms with Crippen LogP contribution in [-0.2, 0) is 11.2 Å². The van der Waals surface area contributed by atoms with E-state index in [1.54, 1.807) is 12.1 Å². The first-order chi connectivity index (χ1) is 10.1. The van der Waals surface area contributed by atoms with Gasteiger partial charge in [-0.25, -0.2) is 4.79 Å². The topological polar surface area (TPSA) is 101 Å². The number of aliphatic hydroxyl groups is 1. The molecule has 0 aliphatic rings. The summed E-state index contributed by atoms with van der Waals surface area (Å²) in [6.07, 6.45) is 1.93. The standard InChI is InChI=1S/C15H15N3O3/c1-21-15(20)14-13(17)11(8-16)9-18(14)12-5-3-2-4-10(12)6-7-19/h2-5,9,19H,6-7,17H2,1H3. The number of nitriles is 1. The second-order valence-electron chi connectivity index (χ2n) is 4.38. The van der Waals surface area contributed by atoms with Crippen LogP contribution in [0.3, 0.4) is 0 Å². The molecule has 0 atom stereocenters. The fourth-order valence-electron chi connectivity index (χ4n) is 2.18. The largest absolute Gasteiger partial charge is 0.464 e. The Morgan fingerprint density at radius 1 is 1.48 bits per heavy atom. The summed E-state index contributed by atoms with van der Waals surface area (Å²) in [6, 6.07) is 9.23. The lowest BCUT2D eigenvalue weighted by Crippen LogP contribution is -2.12. The number of para-hydroxylation sites is 1. The van der Waals surface area contributed by atoms with Gasteiger partial charge in [-0.2, -0.15) is 5.26 Å². The van der Waals surface area contributed by atoms with E-state index in [-0.39, 0.29) is 23.6 Å². The molecule has 0 radical (unpaired) electrons. The second-order valence-corrected chi connectivity index (χ2v) is 4.38. The normalized spacial score (nSPS) is 10.1. The summed E-state index contributed by atoms with van der Waals surface area (Å²) in [5.41, 5.74) is 7.78. The Balaban J connectivity index is 2.70. The van der Waals surface area contributed by atoms with Crippen molar-refractivity contribution >= 4 is 11.7 Å².